The molecule has 20 heavy (non-hydrogen) atoms. The summed E-state index contributed by atoms with van der Waals surface area (Å²) in [5, 5.41) is 0.196. The van der Waals surface area contributed by atoms with E-state index >= 15 is 0 Å². The summed E-state index contributed by atoms with van der Waals surface area (Å²) < 4.78 is 26.9. The Kier molecular flexibility index (Phi) is 6.22. The maximum absolute atomic E-state index is 12.2. The van der Waals surface area contributed by atoms with E-state index in [0.29, 0.717) is 12.5 Å². The van der Waals surface area contributed by atoms with Crippen LogP contribution in [0.4, 0.5) is 0 Å². The molecule has 1 aromatic heterocycles. The third kappa shape index (κ3) is 4.56. The highest BCUT2D eigenvalue weighted by atomic mass is 35.5. The van der Waals surface area contributed by atoms with Crippen LogP contribution in [0.1, 0.15) is 13.8 Å². The zero-order chi connectivity index (χ0) is 15.5. The van der Waals surface area contributed by atoms with Gasteiger partial charge in [-0.25, -0.2) is 18.1 Å². The molecule has 8 heteroatoms. The molecule has 0 amide bonds. The highest BCUT2D eigenvalue weighted by Crippen LogP contribution is 2.22. The van der Waals surface area contributed by atoms with Crippen molar-refractivity contribution in [1.82, 2.24) is 14.6 Å². The molecule has 1 rings (SSSR count). The SMILES string of the molecule is CC(C)C(CNS(=O)(=O)c1cnc(Cl)c(Cl)c1)N(C)C. The van der Waals surface area contributed by atoms with Crippen LogP contribution < -0.4 is 4.72 Å². The van der Waals surface area contributed by atoms with Gasteiger partial charge in [0.2, 0.25) is 10.0 Å². The fraction of sp³-hybridized carbons (Fsp3) is 0.583. The van der Waals surface area contributed by atoms with E-state index in [-0.39, 0.29) is 21.1 Å². The molecule has 0 aliphatic rings. The second-order valence-electron chi connectivity index (χ2n) is 5.07. The lowest BCUT2D eigenvalue weighted by molar-refractivity contribution is 0.233. The zero-order valence-electron chi connectivity index (χ0n) is 11.9. The van der Waals surface area contributed by atoms with Crippen LogP contribution in [0.15, 0.2) is 17.2 Å². The van der Waals surface area contributed by atoms with Crippen LogP contribution in [0.5, 0.6) is 0 Å². The van der Waals surface area contributed by atoms with Crippen molar-refractivity contribution in [3.05, 3.63) is 22.4 Å². The predicted molar refractivity (Wildman–Crippen MR) is 81.8 cm³/mol. The Morgan fingerprint density at radius 3 is 2.40 bits per heavy atom. The molecule has 0 saturated heterocycles. The molecule has 0 bridgehead atoms. The minimum absolute atomic E-state index is 0.00756. The summed E-state index contributed by atoms with van der Waals surface area (Å²) in [7, 11) is 0.189. The van der Waals surface area contributed by atoms with E-state index in [2.05, 4.69) is 9.71 Å². The summed E-state index contributed by atoms with van der Waals surface area (Å²) in [6.45, 7) is 4.40. The number of sulfonamides is 1. The molecule has 0 radical (unpaired) electrons. The maximum atomic E-state index is 12.2. The van der Waals surface area contributed by atoms with Crippen molar-refractivity contribution in [2.45, 2.75) is 24.8 Å². The van der Waals surface area contributed by atoms with Gasteiger partial charge in [0.15, 0.2) is 0 Å². The molecule has 0 spiro atoms. The van der Waals surface area contributed by atoms with Gasteiger partial charge in [0.1, 0.15) is 10.0 Å². The molecule has 0 aliphatic heterocycles. The molecule has 1 unspecified atom stereocenters. The highest BCUT2D eigenvalue weighted by Gasteiger charge is 2.21. The fourth-order valence-corrected chi connectivity index (χ4v) is 3.20. The van der Waals surface area contributed by atoms with Gasteiger partial charge in [0, 0.05) is 18.8 Å². The standard InChI is InChI=1S/C12H19Cl2N3O2S/c1-8(2)11(17(3)4)7-16-20(18,19)9-5-10(13)12(14)15-6-9/h5-6,8,11,16H,7H2,1-4H3. The van der Waals surface area contributed by atoms with E-state index in [1.807, 2.05) is 32.8 Å². The molecular formula is C12H19Cl2N3O2S. The van der Waals surface area contributed by atoms with Crippen LogP contribution in [0.25, 0.3) is 0 Å². The maximum Gasteiger partial charge on any atom is 0.242 e. The highest BCUT2D eigenvalue weighted by molar-refractivity contribution is 7.89. The number of hydrogen-bond donors (Lipinski definition) is 1. The Hall–Kier alpha value is -0.400. The largest absolute Gasteiger partial charge is 0.305 e. The Balaban J connectivity index is 2.87. The van der Waals surface area contributed by atoms with E-state index < -0.39 is 10.0 Å². The lowest BCUT2D eigenvalue weighted by Crippen LogP contribution is -2.43. The van der Waals surface area contributed by atoms with Gasteiger partial charge in [0.05, 0.1) is 5.02 Å². The summed E-state index contributed by atoms with van der Waals surface area (Å²) in [4.78, 5) is 5.74. The number of halogens is 2. The lowest BCUT2D eigenvalue weighted by atomic mass is 10.0. The second-order valence-corrected chi connectivity index (χ2v) is 7.60. The Labute approximate surface area is 130 Å². The molecule has 0 aromatic carbocycles. The van der Waals surface area contributed by atoms with Gasteiger partial charge in [-0.3, -0.25) is 0 Å². The fourth-order valence-electron chi connectivity index (χ4n) is 1.84. The van der Waals surface area contributed by atoms with Gasteiger partial charge in [0.25, 0.3) is 0 Å². The Morgan fingerprint density at radius 1 is 1.35 bits per heavy atom. The molecule has 5 nitrogen and oxygen atoms in total. The van der Waals surface area contributed by atoms with Gasteiger partial charge in [-0.1, -0.05) is 37.0 Å². The third-order valence-corrected chi connectivity index (χ3v) is 5.07. The van der Waals surface area contributed by atoms with E-state index in [0.717, 1.165) is 0 Å². The third-order valence-electron chi connectivity index (χ3n) is 3.00. The van der Waals surface area contributed by atoms with E-state index in [4.69, 9.17) is 23.2 Å². The van der Waals surface area contributed by atoms with Gasteiger partial charge < -0.3 is 4.90 Å². The van der Waals surface area contributed by atoms with Crippen LogP contribution in [0.2, 0.25) is 10.2 Å². The van der Waals surface area contributed by atoms with Crippen molar-refractivity contribution in [2.75, 3.05) is 20.6 Å². The van der Waals surface area contributed by atoms with Crippen LogP contribution in [-0.2, 0) is 10.0 Å². The van der Waals surface area contributed by atoms with Crippen molar-refractivity contribution in [2.24, 2.45) is 5.92 Å². The van der Waals surface area contributed by atoms with Gasteiger partial charge in [-0.15, -0.1) is 0 Å². The van der Waals surface area contributed by atoms with E-state index in [1.165, 1.54) is 12.3 Å². The number of rotatable bonds is 6. The number of aromatic nitrogens is 1. The normalized spacial score (nSPS) is 14.0. The minimum Gasteiger partial charge on any atom is -0.305 e. The lowest BCUT2D eigenvalue weighted by Gasteiger charge is -2.28. The molecule has 0 saturated carbocycles. The second kappa shape index (κ2) is 7.04. The van der Waals surface area contributed by atoms with Crippen LogP contribution >= 0.6 is 23.2 Å². The first-order chi connectivity index (χ1) is 9.15. The van der Waals surface area contributed by atoms with Crippen LogP contribution in [0, 0.1) is 5.92 Å². The number of likely N-dealkylation sites (N-methyl/N-ethyl adjacent to an activating group) is 1. The van der Waals surface area contributed by atoms with E-state index in [9.17, 15) is 8.42 Å². The first kappa shape index (κ1) is 17.7. The number of pyridine rings is 1. The van der Waals surface area contributed by atoms with Gasteiger partial charge >= 0.3 is 0 Å². The number of nitrogens with one attached hydrogen (secondary N) is 1. The Morgan fingerprint density at radius 2 is 1.95 bits per heavy atom. The smallest absolute Gasteiger partial charge is 0.242 e. The first-order valence-electron chi connectivity index (χ1n) is 6.12. The summed E-state index contributed by atoms with van der Waals surface area (Å²) in [6, 6.07) is 1.39. The first-order valence-corrected chi connectivity index (χ1v) is 8.36. The number of hydrogen-bond acceptors (Lipinski definition) is 4. The predicted octanol–water partition coefficient (Wildman–Crippen LogP) is 2.25. The molecule has 1 heterocycles. The molecule has 0 fully saturated rings. The molecule has 1 aromatic rings. The van der Waals surface area contributed by atoms with Crippen molar-refractivity contribution in [3.8, 4) is 0 Å². The molecule has 1 atom stereocenters. The van der Waals surface area contributed by atoms with Crippen molar-refractivity contribution in [1.29, 1.82) is 0 Å². The average Bonchev–Trinajstić information content (AvgIpc) is 2.31. The van der Waals surface area contributed by atoms with Crippen LogP contribution in [0.3, 0.4) is 0 Å². The average molecular weight is 340 g/mol. The molecule has 114 valence electrons. The Bertz CT molecular complexity index is 554. The summed E-state index contributed by atoms with van der Waals surface area (Å²) in [5.41, 5.74) is 0. The summed E-state index contributed by atoms with van der Waals surface area (Å²) >= 11 is 11.5. The monoisotopic (exact) mass is 339 g/mol. The van der Waals surface area contributed by atoms with Crippen LogP contribution in [-0.4, -0.2) is 45.0 Å². The topological polar surface area (TPSA) is 62.3 Å². The van der Waals surface area contributed by atoms with Crippen molar-refractivity contribution >= 4 is 33.2 Å². The summed E-state index contributed by atoms with van der Waals surface area (Å²) in [6.07, 6.45) is 1.19. The van der Waals surface area contributed by atoms with E-state index in [1.54, 1.807) is 0 Å². The van der Waals surface area contributed by atoms with Crippen molar-refractivity contribution < 1.29 is 8.42 Å². The zero-order valence-corrected chi connectivity index (χ0v) is 14.2. The minimum atomic E-state index is -3.64. The van der Waals surface area contributed by atoms with Gasteiger partial charge in [-0.05, 0) is 26.1 Å². The quantitative estimate of drug-likeness (QED) is 0.807. The summed E-state index contributed by atoms with van der Waals surface area (Å²) in [5.74, 6) is 0.319. The molecular weight excluding hydrogens is 321 g/mol. The van der Waals surface area contributed by atoms with Crippen molar-refractivity contribution in [3.63, 3.8) is 0 Å². The van der Waals surface area contributed by atoms with Gasteiger partial charge in [-0.2, -0.15) is 0 Å². The molecule has 1 N–H and O–H groups in total. The molecule has 0 aliphatic carbocycles. The number of nitrogens with zero attached hydrogens (tertiary/aromatic N) is 2.